The molecule has 3 heterocycles. The van der Waals surface area contributed by atoms with Gasteiger partial charge in [-0.1, -0.05) is 25.2 Å². The molecular weight excluding hydrogens is 318 g/mol. The van der Waals surface area contributed by atoms with Gasteiger partial charge in [0.25, 0.3) is 0 Å². The van der Waals surface area contributed by atoms with E-state index in [0.29, 0.717) is 30.7 Å². The Morgan fingerprint density at radius 2 is 2.48 bits per heavy atom. The summed E-state index contributed by atoms with van der Waals surface area (Å²) >= 11 is 1.30. The van der Waals surface area contributed by atoms with E-state index in [1.54, 1.807) is 5.51 Å². The van der Waals surface area contributed by atoms with Gasteiger partial charge < -0.3 is 4.74 Å². The van der Waals surface area contributed by atoms with Gasteiger partial charge in [-0.15, -0.1) is 10.2 Å². The fourth-order valence-corrected chi connectivity index (χ4v) is 2.75. The predicted molar refractivity (Wildman–Crippen MR) is 84.1 cm³/mol. The summed E-state index contributed by atoms with van der Waals surface area (Å²) in [5, 5.41) is 17.9. The van der Waals surface area contributed by atoms with Crippen molar-refractivity contribution in [3.05, 3.63) is 17.2 Å². The van der Waals surface area contributed by atoms with Gasteiger partial charge in [0.15, 0.2) is 11.6 Å². The van der Waals surface area contributed by atoms with E-state index >= 15 is 0 Å². The minimum atomic E-state index is -0.196. The SMILES string of the molecule is CC(C)c1n[nH]c([C@H]2CN(CC(=O)Nc3nncs3)CCO2)n1. The van der Waals surface area contributed by atoms with Crippen molar-refractivity contribution in [2.75, 3.05) is 31.6 Å². The monoisotopic (exact) mass is 337 g/mol. The highest BCUT2D eigenvalue weighted by atomic mass is 32.1. The second kappa shape index (κ2) is 7.11. The molecular formula is C13H19N7O2S. The lowest BCUT2D eigenvalue weighted by atomic mass is 10.2. The van der Waals surface area contributed by atoms with E-state index in [4.69, 9.17) is 4.74 Å². The van der Waals surface area contributed by atoms with Gasteiger partial charge in [-0.05, 0) is 0 Å². The molecule has 2 aromatic heterocycles. The van der Waals surface area contributed by atoms with Gasteiger partial charge in [0.2, 0.25) is 11.0 Å². The molecule has 0 aliphatic carbocycles. The van der Waals surface area contributed by atoms with Crippen LogP contribution in [0.1, 0.15) is 37.5 Å². The second-order valence-corrected chi connectivity index (χ2v) is 6.45. The summed E-state index contributed by atoms with van der Waals surface area (Å²) in [6.07, 6.45) is -0.196. The van der Waals surface area contributed by atoms with Gasteiger partial charge in [-0.2, -0.15) is 5.10 Å². The maximum Gasteiger partial charge on any atom is 0.240 e. The number of carbonyl (C=O) groups is 1. The van der Waals surface area contributed by atoms with Crippen LogP contribution in [0.5, 0.6) is 0 Å². The van der Waals surface area contributed by atoms with Crippen LogP contribution in [-0.4, -0.2) is 62.4 Å². The molecule has 9 nitrogen and oxygen atoms in total. The van der Waals surface area contributed by atoms with E-state index in [1.807, 2.05) is 18.7 Å². The average molecular weight is 337 g/mol. The van der Waals surface area contributed by atoms with Crippen molar-refractivity contribution < 1.29 is 9.53 Å². The number of nitrogens with one attached hydrogen (secondary N) is 2. The smallest absolute Gasteiger partial charge is 0.240 e. The van der Waals surface area contributed by atoms with Crippen molar-refractivity contribution in [1.82, 2.24) is 30.3 Å². The number of hydrogen-bond donors (Lipinski definition) is 2. The van der Waals surface area contributed by atoms with Crippen LogP contribution in [0.15, 0.2) is 5.51 Å². The van der Waals surface area contributed by atoms with Crippen LogP contribution in [0.3, 0.4) is 0 Å². The number of rotatable bonds is 5. The van der Waals surface area contributed by atoms with Gasteiger partial charge in [0.05, 0.1) is 13.2 Å². The Morgan fingerprint density at radius 3 is 3.17 bits per heavy atom. The summed E-state index contributed by atoms with van der Waals surface area (Å²) in [4.78, 5) is 18.5. The first-order chi connectivity index (χ1) is 11.1. The molecule has 0 radical (unpaired) electrons. The topological polar surface area (TPSA) is 109 Å². The molecule has 2 N–H and O–H groups in total. The number of H-pyrrole nitrogens is 1. The molecule has 1 aliphatic rings. The zero-order chi connectivity index (χ0) is 16.2. The van der Waals surface area contributed by atoms with Gasteiger partial charge in [0, 0.05) is 19.0 Å². The van der Waals surface area contributed by atoms with Crippen LogP contribution < -0.4 is 5.32 Å². The molecule has 1 amide bonds. The Hall–Kier alpha value is -1.91. The quantitative estimate of drug-likeness (QED) is 0.830. The molecule has 3 rings (SSSR count). The molecule has 10 heteroatoms. The molecule has 0 aromatic carbocycles. The van der Waals surface area contributed by atoms with Crippen molar-refractivity contribution in [3.8, 4) is 0 Å². The van der Waals surface area contributed by atoms with E-state index in [1.165, 1.54) is 11.3 Å². The van der Waals surface area contributed by atoms with Gasteiger partial charge >= 0.3 is 0 Å². The Morgan fingerprint density at radius 1 is 1.61 bits per heavy atom. The summed E-state index contributed by atoms with van der Waals surface area (Å²) < 4.78 is 5.75. The lowest BCUT2D eigenvalue weighted by Crippen LogP contribution is -2.42. The first kappa shape index (κ1) is 16.0. The minimum Gasteiger partial charge on any atom is -0.368 e. The van der Waals surface area contributed by atoms with Crippen molar-refractivity contribution in [2.24, 2.45) is 0 Å². The number of nitrogens with zero attached hydrogens (tertiary/aromatic N) is 5. The van der Waals surface area contributed by atoms with Crippen LogP contribution >= 0.6 is 11.3 Å². The first-order valence-electron chi connectivity index (χ1n) is 7.44. The standard InChI is InChI=1S/C13H19N7O2S/c1-8(2)11-16-12(18-17-11)9-5-20(3-4-22-9)6-10(21)15-13-19-14-7-23-13/h7-9H,3-6H2,1-2H3,(H,15,19,21)(H,16,17,18)/t9-/m1/s1. The molecule has 1 fully saturated rings. The van der Waals surface area contributed by atoms with E-state index in [9.17, 15) is 4.79 Å². The highest BCUT2D eigenvalue weighted by Crippen LogP contribution is 2.20. The summed E-state index contributed by atoms with van der Waals surface area (Å²) in [5.74, 6) is 1.64. The second-order valence-electron chi connectivity index (χ2n) is 5.62. The zero-order valence-corrected chi connectivity index (χ0v) is 13.8. The van der Waals surface area contributed by atoms with E-state index in [-0.39, 0.29) is 24.5 Å². The molecule has 23 heavy (non-hydrogen) atoms. The fraction of sp³-hybridized carbons (Fsp3) is 0.615. The third-order valence-corrected chi connectivity index (χ3v) is 4.07. The van der Waals surface area contributed by atoms with Gasteiger partial charge in [-0.25, -0.2) is 4.98 Å². The highest BCUT2D eigenvalue weighted by molar-refractivity contribution is 7.13. The van der Waals surface area contributed by atoms with Crippen molar-refractivity contribution in [2.45, 2.75) is 25.9 Å². The Balaban J connectivity index is 1.56. The summed E-state index contributed by atoms with van der Waals surface area (Å²) in [6.45, 7) is 6.21. The summed E-state index contributed by atoms with van der Waals surface area (Å²) in [7, 11) is 0. The molecule has 0 bridgehead atoms. The number of ether oxygens (including phenoxy) is 1. The van der Waals surface area contributed by atoms with E-state index in [0.717, 1.165) is 5.82 Å². The maximum atomic E-state index is 12.0. The molecule has 1 saturated heterocycles. The molecule has 0 unspecified atom stereocenters. The minimum absolute atomic E-state index is 0.108. The first-order valence-corrected chi connectivity index (χ1v) is 8.32. The fourth-order valence-electron chi connectivity index (χ4n) is 2.29. The van der Waals surface area contributed by atoms with Crippen LogP contribution in [0, 0.1) is 0 Å². The van der Waals surface area contributed by atoms with Gasteiger partial charge in [-0.3, -0.25) is 20.1 Å². The number of hydrogen-bond acceptors (Lipinski definition) is 8. The Kier molecular flexibility index (Phi) is 4.94. The molecule has 1 atom stereocenters. The molecule has 2 aromatic rings. The van der Waals surface area contributed by atoms with Crippen LogP contribution in [-0.2, 0) is 9.53 Å². The number of aromatic amines is 1. The highest BCUT2D eigenvalue weighted by Gasteiger charge is 2.26. The lowest BCUT2D eigenvalue weighted by Gasteiger charge is -2.31. The third-order valence-electron chi connectivity index (χ3n) is 3.47. The Labute approximate surface area is 137 Å². The molecule has 124 valence electrons. The van der Waals surface area contributed by atoms with E-state index < -0.39 is 0 Å². The van der Waals surface area contributed by atoms with Crippen LogP contribution in [0.25, 0.3) is 0 Å². The van der Waals surface area contributed by atoms with Crippen molar-refractivity contribution in [1.29, 1.82) is 0 Å². The average Bonchev–Trinajstić information content (AvgIpc) is 3.18. The van der Waals surface area contributed by atoms with Crippen molar-refractivity contribution in [3.63, 3.8) is 0 Å². The summed E-state index contributed by atoms with van der Waals surface area (Å²) in [6, 6.07) is 0. The molecule has 0 saturated carbocycles. The predicted octanol–water partition coefficient (Wildman–Crippen LogP) is 0.792. The lowest BCUT2D eigenvalue weighted by molar-refractivity contribution is -0.119. The molecule has 0 spiro atoms. The van der Waals surface area contributed by atoms with E-state index in [2.05, 4.69) is 30.7 Å². The normalized spacial score (nSPS) is 19.2. The molecule has 1 aliphatic heterocycles. The number of morpholine rings is 1. The summed E-state index contributed by atoms with van der Waals surface area (Å²) in [5.41, 5.74) is 1.58. The third kappa shape index (κ3) is 4.09. The number of amides is 1. The largest absolute Gasteiger partial charge is 0.368 e. The maximum absolute atomic E-state index is 12.0. The van der Waals surface area contributed by atoms with Crippen molar-refractivity contribution >= 4 is 22.4 Å². The number of aromatic nitrogens is 5. The number of carbonyl (C=O) groups excluding carboxylic acids is 1. The van der Waals surface area contributed by atoms with Gasteiger partial charge in [0.1, 0.15) is 11.6 Å². The Bertz CT molecular complexity index is 643. The van der Waals surface area contributed by atoms with Crippen LogP contribution in [0.4, 0.5) is 5.13 Å². The zero-order valence-electron chi connectivity index (χ0n) is 13.0. The number of anilines is 1. The van der Waals surface area contributed by atoms with Crippen LogP contribution in [0.2, 0.25) is 0 Å².